The van der Waals surface area contributed by atoms with Gasteiger partial charge in [-0.15, -0.1) is 0 Å². The lowest BCUT2D eigenvalue weighted by Crippen LogP contribution is -2.24. The Morgan fingerprint density at radius 1 is 1.47 bits per heavy atom. The van der Waals surface area contributed by atoms with Gasteiger partial charge in [0.2, 0.25) is 0 Å². The second-order valence-corrected chi connectivity index (χ2v) is 4.72. The molecule has 1 saturated carbocycles. The highest BCUT2D eigenvalue weighted by Crippen LogP contribution is 2.23. The first-order valence-electron chi connectivity index (χ1n) is 6.27. The molecule has 1 fully saturated rings. The molecule has 0 radical (unpaired) electrons. The van der Waals surface area contributed by atoms with Crippen molar-refractivity contribution in [3.8, 4) is 0 Å². The highest BCUT2D eigenvalue weighted by Gasteiger charge is 2.22. The molecule has 1 aromatic carbocycles. The van der Waals surface area contributed by atoms with Gasteiger partial charge in [-0.1, -0.05) is 12.1 Å². The molecule has 1 aliphatic carbocycles. The SMILES string of the molecule is COCCC(CNC1CC1)c1cccc(F)c1. The second kappa shape index (κ2) is 6.12. The van der Waals surface area contributed by atoms with Crippen molar-refractivity contribution in [1.29, 1.82) is 0 Å². The molecule has 17 heavy (non-hydrogen) atoms. The Kier molecular flexibility index (Phi) is 4.51. The number of ether oxygens (including phenoxy) is 1. The van der Waals surface area contributed by atoms with Gasteiger partial charge in [-0.2, -0.15) is 0 Å². The molecule has 1 aromatic rings. The lowest BCUT2D eigenvalue weighted by atomic mass is 9.96. The smallest absolute Gasteiger partial charge is 0.123 e. The van der Waals surface area contributed by atoms with Crippen molar-refractivity contribution < 1.29 is 9.13 Å². The van der Waals surface area contributed by atoms with Crippen molar-refractivity contribution >= 4 is 0 Å². The zero-order chi connectivity index (χ0) is 12.1. The van der Waals surface area contributed by atoms with E-state index in [1.165, 1.54) is 18.9 Å². The minimum absolute atomic E-state index is 0.156. The lowest BCUT2D eigenvalue weighted by Gasteiger charge is -2.17. The number of methoxy groups -OCH3 is 1. The minimum atomic E-state index is -0.156. The molecule has 0 amide bonds. The second-order valence-electron chi connectivity index (χ2n) is 4.72. The third kappa shape index (κ3) is 4.10. The maximum atomic E-state index is 13.2. The summed E-state index contributed by atoms with van der Waals surface area (Å²) in [4.78, 5) is 0. The maximum absolute atomic E-state index is 13.2. The van der Waals surface area contributed by atoms with Crippen molar-refractivity contribution in [3.05, 3.63) is 35.6 Å². The zero-order valence-electron chi connectivity index (χ0n) is 10.3. The van der Waals surface area contributed by atoms with Crippen molar-refractivity contribution in [2.24, 2.45) is 0 Å². The quantitative estimate of drug-likeness (QED) is 0.787. The molecule has 1 N–H and O–H groups in total. The van der Waals surface area contributed by atoms with Crippen molar-refractivity contribution in [2.45, 2.75) is 31.2 Å². The van der Waals surface area contributed by atoms with E-state index in [4.69, 9.17) is 4.74 Å². The summed E-state index contributed by atoms with van der Waals surface area (Å²) in [7, 11) is 1.71. The van der Waals surface area contributed by atoms with Crippen molar-refractivity contribution in [1.82, 2.24) is 5.32 Å². The normalized spacial score (nSPS) is 17.1. The monoisotopic (exact) mass is 237 g/mol. The summed E-state index contributed by atoms with van der Waals surface area (Å²) >= 11 is 0. The van der Waals surface area contributed by atoms with E-state index in [0.717, 1.165) is 18.5 Å². The van der Waals surface area contributed by atoms with E-state index in [0.29, 0.717) is 18.6 Å². The fraction of sp³-hybridized carbons (Fsp3) is 0.571. The van der Waals surface area contributed by atoms with Gasteiger partial charge >= 0.3 is 0 Å². The molecule has 0 spiro atoms. The van der Waals surface area contributed by atoms with E-state index in [9.17, 15) is 4.39 Å². The Balaban J connectivity index is 1.96. The summed E-state index contributed by atoms with van der Waals surface area (Å²) < 4.78 is 18.3. The molecule has 2 nitrogen and oxygen atoms in total. The van der Waals surface area contributed by atoms with Crippen LogP contribution in [0, 0.1) is 5.82 Å². The Bertz CT molecular complexity index is 352. The number of rotatable bonds is 7. The minimum Gasteiger partial charge on any atom is -0.385 e. The molecule has 94 valence electrons. The third-order valence-electron chi connectivity index (χ3n) is 3.22. The number of halogens is 1. The molecule has 2 rings (SSSR count). The Morgan fingerprint density at radius 3 is 2.94 bits per heavy atom. The fourth-order valence-electron chi connectivity index (χ4n) is 2.00. The van der Waals surface area contributed by atoms with Crippen molar-refractivity contribution in [3.63, 3.8) is 0 Å². The maximum Gasteiger partial charge on any atom is 0.123 e. The zero-order valence-corrected chi connectivity index (χ0v) is 10.3. The van der Waals surface area contributed by atoms with E-state index in [1.54, 1.807) is 19.2 Å². The van der Waals surface area contributed by atoms with Gasteiger partial charge in [0.15, 0.2) is 0 Å². The van der Waals surface area contributed by atoms with Crippen LogP contribution in [0.25, 0.3) is 0 Å². The average molecular weight is 237 g/mol. The summed E-state index contributed by atoms with van der Waals surface area (Å²) in [5, 5.41) is 3.51. The summed E-state index contributed by atoms with van der Waals surface area (Å²) in [6.07, 6.45) is 3.49. The number of benzene rings is 1. The summed E-state index contributed by atoms with van der Waals surface area (Å²) in [5.74, 6) is 0.183. The van der Waals surface area contributed by atoms with Gasteiger partial charge in [-0.05, 0) is 42.9 Å². The predicted molar refractivity (Wildman–Crippen MR) is 66.7 cm³/mol. The van der Waals surface area contributed by atoms with Crippen LogP contribution in [-0.4, -0.2) is 26.3 Å². The van der Waals surface area contributed by atoms with Gasteiger partial charge in [0, 0.05) is 26.3 Å². The van der Waals surface area contributed by atoms with Crippen molar-refractivity contribution in [2.75, 3.05) is 20.3 Å². The molecule has 1 atom stereocenters. The van der Waals surface area contributed by atoms with Crippen LogP contribution in [-0.2, 0) is 4.74 Å². The first-order chi connectivity index (χ1) is 8.29. The number of nitrogens with one attached hydrogen (secondary N) is 1. The molecule has 1 unspecified atom stereocenters. The van der Waals surface area contributed by atoms with E-state index in [2.05, 4.69) is 5.32 Å². The van der Waals surface area contributed by atoms with Gasteiger partial charge in [-0.3, -0.25) is 0 Å². The Morgan fingerprint density at radius 2 is 2.29 bits per heavy atom. The topological polar surface area (TPSA) is 21.3 Å². The average Bonchev–Trinajstić information content (AvgIpc) is 3.13. The standard InChI is InChI=1S/C14H20FNO/c1-17-8-7-12(10-16-14-5-6-14)11-3-2-4-13(15)9-11/h2-4,9,12,14,16H,5-8,10H2,1H3. The third-order valence-corrected chi connectivity index (χ3v) is 3.22. The molecule has 3 heteroatoms. The van der Waals surface area contributed by atoms with Crippen LogP contribution < -0.4 is 5.32 Å². The molecular formula is C14H20FNO. The summed E-state index contributed by atoms with van der Waals surface area (Å²) in [6.45, 7) is 1.63. The largest absolute Gasteiger partial charge is 0.385 e. The van der Waals surface area contributed by atoms with Gasteiger partial charge in [0.05, 0.1) is 0 Å². The van der Waals surface area contributed by atoms with Gasteiger partial charge in [0.25, 0.3) is 0 Å². The summed E-state index contributed by atoms with van der Waals surface area (Å²) in [5.41, 5.74) is 1.07. The highest BCUT2D eigenvalue weighted by molar-refractivity contribution is 5.21. The predicted octanol–water partition coefficient (Wildman–Crippen LogP) is 2.70. The first kappa shape index (κ1) is 12.5. The van der Waals surface area contributed by atoms with Crippen LogP contribution in [0.15, 0.2) is 24.3 Å². The number of hydrogen-bond acceptors (Lipinski definition) is 2. The molecule has 0 heterocycles. The Labute approximate surface area is 102 Å². The van der Waals surface area contributed by atoms with Crippen LogP contribution in [0.1, 0.15) is 30.7 Å². The van der Waals surface area contributed by atoms with Crippen LogP contribution in [0.2, 0.25) is 0 Å². The summed E-state index contributed by atoms with van der Waals surface area (Å²) in [6, 6.07) is 7.59. The molecule has 1 aliphatic rings. The van der Waals surface area contributed by atoms with Gasteiger partial charge in [0.1, 0.15) is 5.82 Å². The van der Waals surface area contributed by atoms with Crippen LogP contribution in [0.5, 0.6) is 0 Å². The van der Waals surface area contributed by atoms with Crippen LogP contribution in [0.4, 0.5) is 4.39 Å². The van der Waals surface area contributed by atoms with E-state index in [-0.39, 0.29) is 5.82 Å². The van der Waals surface area contributed by atoms with Crippen LogP contribution in [0.3, 0.4) is 0 Å². The molecule has 0 aromatic heterocycles. The van der Waals surface area contributed by atoms with Gasteiger partial charge < -0.3 is 10.1 Å². The van der Waals surface area contributed by atoms with E-state index in [1.807, 2.05) is 6.07 Å². The molecule has 0 bridgehead atoms. The number of hydrogen-bond donors (Lipinski definition) is 1. The lowest BCUT2D eigenvalue weighted by molar-refractivity contribution is 0.187. The van der Waals surface area contributed by atoms with E-state index < -0.39 is 0 Å². The molecule has 0 saturated heterocycles. The molecule has 0 aliphatic heterocycles. The fourth-order valence-corrected chi connectivity index (χ4v) is 2.00. The van der Waals surface area contributed by atoms with Gasteiger partial charge in [-0.25, -0.2) is 4.39 Å². The first-order valence-corrected chi connectivity index (χ1v) is 6.27. The van der Waals surface area contributed by atoms with E-state index >= 15 is 0 Å². The van der Waals surface area contributed by atoms with Crippen LogP contribution >= 0.6 is 0 Å². The Hall–Kier alpha value is -0.930. The highest BCUT2D eigenvalue weighted by atomic mass is 19.1. The molecular weight excluding hydrogens is 217 g/mol.